The quantitative estimate of drug-likeness (QED) is 0.741. The smallest absolute Gasteiger partial charge is 0.322 e. The normalized spacial score (nSPS) is 22.0. The number of carbonyl (C=O) groups is 3. The van der Waals surface area contributed by atoms with Crippen LogP contribution < -0.4 is 5.32 Å². The van der Waals surface area contributed by atoms with Crippen molar-refractivity contribution in [1.29, 1.82) is 0 Å². The van der Waals surface area contributed by atoms with Crippen molar-refractivity contribution in [2.24, 2.45) is 5.92 Å². The molecule has 7 heteroatoms. The predicted octanol–water partition coefficient (Wildman–Crippen LogP) is 3.21. The van der Waals surface area contributed by atoms with E-state index < -0.39 is 12.1 Å². The summed E-state index contributed by atoms with van der Waals surface area (Å²) in [5.74, 6) is 0.174. The lowest BCUT2D eigenvalue weighted by Crippen LogP contribution is -2.50. The molecule has 0 spiro atoms. The molecule has 2 atom stereocenters. The molecule has 1 aromatic carbocycles. The first-order chi connectivity index (χ1) is 15.3. The van der Waals surface area contributed by atoms with Crippen LogP contribution in [0.1, 0.15) is 57.2 Å². The Labute approximate surface area is 190 Å². The Kier molecular flexibility index (Phi) is 6.26. The molecule has 3 aliphatic heterocycles. The van der Waals surface area contributed by atoms with Gasteiger partial charge >= 0.3 is 6.03 Å². The number of nitrogens with zero attached hydrogens (tertiary/aromatic N) is 3. The molecule has 0 radical (unpaired) electrons. The molecule has 3 aliphatic rings. The van der Waals surface area contributed by atoms with Crippen LogP contribution in [0.15, 0.2) is 35.5 Å². The largest absolute Gasteiger partial charge is 0.341 e. The predicted molar refractivity (Wildman–Crippen MR) is 123 cm³/mol. The molecule has 1 fully saturated rings. The number of amides is 4. The minimum atomic E-state index is -0.501. The number of rotatable bonds is 6. The van der Waals surface area contributed by atoms with Gasteiger partial charge in [0.15, 0.2) is 0 Å². The molecular weight excluding hydrogens is 404 g/mol. The van der Waals surface area contributed by atoms with Crippen LogP contribution >= 0.6 is 0 Å². The highest BCUT2D eigenvalue weighted by molar-refractivity contribution is 6.03. The second-order valence-corrected chi connectivity index (χ2v) is 9.51. The molecule has 0 saturated carbocycles. The summed E-state index contributed by atoms with van der Waals surface area (Å²) in [7, 11) is 0. The van der Waals surface area contributed by atoms with Crippen molar-refractivity contribution in [2.75, 3.05) is 26.2 Å². The van der Waals surface area contributed by atoms with Gasteiger partial charge in [0.25, 0.3) is 5.91 Å². The van der Waals surface area contributed by atoms with Gasteiger partial charge in [-0.1, -0.05) is 43.7 Å². The molecule has 172 valence electrons. The Balaban J connectivity index is 1.70. The van der Waals surface area contributed by atoms with E-state index in [1.807, 2.05) is 43.0 Å². The number of urea groups is 1. The van der Waals surface area contributed by atoms with E-state index >= 15 is 0 Å². The average molecular weight is 439 g/mol. The minimum absolute atomic E-state index is 0.0404. The third kappa shape index (κ3) is 4.00. The van der Waals surface area contributed by atoms with E-state index in [2.05, 4.69) is 19.2 Å². The van der Waals surface area contributed by atoms with Crippen LogP contribution in [0.3, 0.4) is 0 Å². The molecule has 7 nitrogen and oxygen atoms in total. The SMILES string of the molecule is CCN1C(=O)NC(c2ccc(C)cc2)C2=C1CN(C(CC(C)C)C(=O)N1CCCC1)C2=O. The van der Waals surface area contributed by atoms with Gasteiger partial charge in [0.05, 0.1) is 23.9 Å². The topological polar surface area (TPSA) is 73.0 Å². The Morgan fingerprint density at radius 1 is 1.12 bits per heavy atom. The van der Waals surface area contributed by atoms with Crippen LogP contribution in [0.5, 0.6) is 0 Å². The van der Waals surface area contributed by atoms with E-state index in [1.165, 1.54) is 0 Å². The van der Waals surface area contributed by atoms with Crippen molar-refractivity contribution in [1.82, 2.24) is 20.0 Å². The van der Waals surface area contributed by atoms with Crippen LogP contribution in [0.2, 0.25) is 0 Å². The Bertz CT molecular complexity index is 931. The zero-order valence-corrected chi connectivity index (χ0v) is 19.6. The monoisotopic (exact) mass is 438 g/mol. The van der Waals surface area contributed by atoms with Gasteiger partial charge in [-0.05, 0) is 44.6 Å². The van der Waals surface area contributed by atoms with Crippen LogP contribution in [-0.4, -0.2) is 64.8 Å². The molecule has 3 heterocycles. The van der Waals surface area contributed by atoms with Gasteiger partial charge in [-0.25, -0.2) is 4.79 Å². The lowest BCUT2D eigenvalue weighted by Gasteiger charge is -2.33. The molecule has 0 aromatic heterocycles. The Morgan fingerprint density at radius 2 is 1.78 bits per heavy atom. The van der Waals surface area contributed by atoms with Crippen LogP contribution in [0, 0.1) is 12.8 Å². The lowest BCUT2D eigenvalue weighted by molar-refractivity contribution is -0.142. The standard InChI is InChI=1S/C25H34N4O3/c1-5-28-20-15-29(19(14-16(2)3)23(30)27-12-6-7-13-27)24(31)21(20)22(26-25(28)32)18-10-8-17(4)9-11-18/h8-11,16,19,22H,5-7,12-15H2,1-4H3,(H,26,32). The molecule has 1 saturated heterocycles. The molecule has 2 unspecified atom stereocenters. The van der Waals surface area contributed by atoms with Crippen molar-refractivity contribution in [3.8, 4) is 0 Å². The molecule has 4 rings (SSSR count). The highest BCUT2D eigenvalue weighted by atomic mass is 16.2. The van der Waals surface area contributed by atoms with E-state index in [9.17, 15) is 14.4 Å². The highest BCUT2D eigenvalue weighted by Gasteiger charge is 2.47. The summed E-state index contributed by atoms with van der Waals surface area (Å²) in [4.78, 5) is 45.4. The summed E-state index contributed by atoms with van der Waals surface area (Å²) < 4.78 is 0. The molecule has 1 aromatic rings. The maximum absolute atomic E-state index is 13.8. The summed E-state index contributed by atoms with van der Waals surface area (Å²) >= 11 is 0. The molecule has 4 amide bonds. The maximum atomic E-state index is 13.8. The van der Waals surface area contributed by atoms with Gasteiger partial charge in [0, 0.05) is 19.6 Å². The van der Waals surface area contributed by atoms with Crippen molar-refractivity contribution >= 4 is 17.8 Å². The summed E-state index contributed by atoms with van der Waals surface area (Å²) in [5.41, 5.74) is 3.33. The summed E-state index contributed by atoms with van der Waals surface area (Å²) in [5, 5.41) is 3.03. The van der Waals surface area contributed by atoms with E-state index in [-0.39, 0.29) is 23.8 Å². The van der Waals surface area contributed by atoms with E-state index in [0.717, 1.165) is 42.8 Å². The van der Waals surface area contributed by atoms with E-state index in [0.29, 0.717) is 25.1 Å². The number of likely N-dealkylation sites (N-methyl/N-ethyl adjacent to an activating group) is 1. The minimum Gasteiger partial charge on any atom is -0.341 e. The second-order valence-electron chi connectivity index (χ2n) is 9.51. The van der Waals surface area contributed by atoms with Gasteiger partial charge in [0.1, 0.15) is 6.04 Å². The lowest BCUT2D eigenvalue weighted by atomic mass is 9.94. The molecule has 1 N–H and O–H groups in total. The highest BCUT2D eigenvalue weighted by Crippen LogP contribution is 2.38. The maximum Gasteiger partial charge on any atom is 0.322 e. The van der Waals surface area contributed by atoms with Gasteiger partial charge in [0.2, 0.25) is 5.91 Å². The van der Waals surface area contributed by atoms with Crippen molar-refractivity contribution in [3.63, 3.8) is 0 Å². The Morgan fingerprint density at radius 3 is 2.38 bits per heavy atom. The summed E-state index contributed by atoms with van der Waals surface area (Å²) in [6.07, 6.45) is 2.64. The number of nitrogens with one attached hydrogen (secondary N) is 1. The zero-order chi connectivity index (χ0) is 23.0. The van der Waals surface area contributed by atoms with Crippen molar-refractivity contribution < 1.29 is 14.4 Å². The van der Waals surface area contributed by atoms with E-state index in [1.54, 1.807) is 9.80 Å². The summed E-state index contributed by atoms with van der Waals surface area (Å²) in [6, 6.07) is 6.71. The average Bonchev–Trinajstić information content (AvgIpc) is 3.40. The van der Waals surface area contributed by atoms with Gasteiger partial charge in [-0.2, -0.15) is 0 Å². The molecule has 0 aliphatic carbocycles. The van der Waals surface area contributed by atoms with Crippen molar-refractivity contribution in [3.05, 3.63) is 46.7 Å². The number of hydrogen-bond acceptors (Lipinski definition) is 3. The fourth-order valence-electron chi connectivity index (χ4n) is 5.06. The first kappa shape index (κ1) is 22.4. The second kappa shape index (κ2) is 8.96. The number of carbonyl (C=O) groups excluding carboxylic acids is 3. The first-order valence-electron chi connectivity index (χ1n) is 11.8. The zero-order valence-electron chi connectivity index (χ0n) is 19.6. The fourth-order valence-corrected chi connectivity index (χ4v) is 5.06. The van der Waals surface area contributed by atoms with Gasteiger partial charge in [-0.15, -0.1) is 0 Å². The number of benzene rings is 1. The van der Waals surface area contributed by atoms with Gasteiger partial charge < -0.3 is 15.1 Å². The van der Waals surface area contributed by atoms with Gasteiger partial charge in [-0.3, -0.25) is 14.5 Å². The molecule has 0 bridgehead atoms. The fraction of sp³-hybridized carbons (Fsp3) is 0.560. The number of hydrogen-bond donors (Lipinski definition) is 1. The molecule has 32 heavy (non-hydrogen) atoms. The third-order valence-corrected chi connectivity index (χ3v) is 6.75. The van der Waals surface area contributed by atoms with E-state index in [4.69, 9.17) is 0 Å². The Hall–Kier alpha value is -2.83. The van der Waals surface area contributed by atoms with Crippen LogP contribution in [0.25, 0.3) is 0 Å². The molecular formula is C25H34N4O3. The first-order valence-corrected chi connectivity index (χ1v) is 11.8. The van der Waals surface area contributed by atoms with Crippen LogP contribution in [0.4, 0.5) is 4.79 Å². The number of aryl methyl sites for hydroxylation is 1. The summed E-state index contributed by atoms with van der Waals surface area (Å²) in [6.45, 7) is 10.4. The third-order valence-electron chi connectivity index (χ3n) is 6.75. The number of likely N-dealkylation sites (tertiary alicyclic amines) is 1. The van der Waals surface area contributed by atoms with Crippen molar-refractivity contribution in [2.45, 2.75) is 59.0 Å². The van der Waals surface area contributed by atoms with Crippen LogP contribution in [-0.2, 0) is 9.59 Å².